The van der Waals surface area contributed by atoms with Gasteiger partial charge < -0.3 is 38.4 Å². The molecular weight excluding hydrogens is 900 g/mol. The number of aromatic amines is 1. The van der Waals surface area contributed by atoms with Crippen LogP contribution in [0.3, 0.4) is 0 Å². The Balaban J connectivity index is 0.913. The molecule has 332 valence electrons. The van der Waals surface area contributed by atoms with Crippen molar-refractivity contribution < 1.29 is 59.8 Å². The van der Waals surface area contributed by atoms with Crippen molar-refractivity contribution in [2.24, 2.45) is 0 Å². The van der Waals surface area contributed by atoms with Crippen LogP contribution >= 0.6 is 50.1 Å². The lowest BCUT2D eigenvalue weighted by Gasteiger charge is -2.24. The molecule has 8 unspecified atom stereocenters. The molecule has 6 rings (SSSR count). The summed E-state index contributed by atoms with van der Waals surface area (Å²) in [5.41, 5.74) is 0.416. The van der Waals surface area contributed by atoms with Crippen LogP contribution in [0.4, 0.5) is 19.0 Å². The summed E-state index contributed by atoms with van der Waals surface area (Å²) in [5, 5.41) is 13.9. The highest BCUT2D eigenvalue weighted by molar-refractivity contribution is 7.99. The van der Waals surface area contributed by atoms with E-state index in [1.807, 2.05) is 18.2 Å². The summed E-state index contributed by atoms with van der Waals surface area (Å²) >= 11 is 5.06. The summed E-state index contributed by atoms with van der Waals surface area (Å²) in [6.45, 7) is 0.199. The molecule has 27 heteroatoms. The molecule has 3 aliphatic rings. The van der Waals surface area contributed by atoms with Gasteiger partial charge >= 0.3 is 19.7 Å². The van der Waals surface area contributed by atoms with Crippen molar-refractivity contribution in [3.63, 3.8) is 0 Å². The number of nitrogens with zero attached hydrogens (tertiary/aromatic N) is 5. The van der Waals surface area contributed by atoms with Crippen molar-refractivity contribution in [3.8, 4) is 0 Å². The molecule has 19 nitrogen and oxygen atoms in total. The highest BCUT2D eigenvalue weighted by atomic mass is 32.2. The van der Waals surface area contributed by atoms with Gasteiger partial charge in [0, 0.05) is 52.0 Å². The third-order valence-electron chi connectivity index (χ3n) is 9.05. The molecule has 0 amide bonds. The van der Waals surface area contributed by atoms with Crippen molar-refractivity contribution >= 4 is 67.0 Å². The van der Waals surface area contributed by atoms with Gasteiger partial charge in [-0.2, -0.15) is 25.8 Å². The maximum absolute atomic E-state index is 12.8. The number of allylic oxidation sites excluding steroid dienone is 3. The van der Waals surface area contributed by atoms with Gasteiger partial charge in [-0.3, -0.25) is 28.0 Å². The first kappa shape index (κ1) is 47.2. The summed E-state index contributed by atoms with van der Waals surface area (Å²) in [5.74, 6) is 0.568. The first-order valence-corrected chi connectivity index (χ1v) is 23.8. The van der Waals surface area contributed by atoms with Gasteiger partial charge in [-0.15, -0.1) is 0 Å². The molecule has 2 fully saturated rings. The van der Waals surface area contributed by atoms with Crippen LogP contribution in [0.1, 0.15) is 57.4 Å². The summed E-state index contributed by atoms with van der Waals surface area (Å²) in [7, 11) is -5.38. The van der Waals surface area contributed by atoms with Gasteiger partial charge in [0.2, 0.25) is 0 Å². The van der Waals surface area contributed by atoms with Crippen molar-refractivity contribution in [2.75, 3.05) is 42.9 Å². The second-order valence-electron chi connectivity index (χ2n) is 13.5. The smallest absolute Gasteiger partial charge is 0.368 e. The standard InChI is InChI=1S/C33H45F3N7O12P3S2/c34-33(35,36)9-13-60-31-40-28(37-10-12-59)27-29(41-31)43(18-38-27)25-7-6-21(52-25)17-50-58(47,48)51-19-56-55-57-49-16-22-15-23(54-26(45)14-20-4-2-1-3-5-20)30(53-22)42-11-8-24(44)39-32(42)46/h2,4-5,8,11,18,21-23,25-26,30,45,56-57,59H,1,3,6-7,9-10,12-17,19H2,(H,47,48)(H,37,40,41)(H,39,44,46)/t21?,22?,23-,25?,26?,30?/m1/s1. The van der Waals surface area contributed by atoms with Crippen molar-refractivity contribution in [2.45, 2.75) is 93.3 Å². The van der Waals surface area contributed by atoms with E-state index in [1.54, 1.807) is 4.57 Å². The number of nitrogens with one attached hydrogen (secondary N) is 2. The van der Waals surface area contributed by atoms with Crippen molar-refractivity contribution in [3.05, 3.63) is 63.2 Å². The number of hydrogen-bond donors (Lipinski definition) is 5. The number of aromatic nitrogens is 6. The zero-order chi connectivity index (χ0) is 42.7. The molecular formula is C33H45F3N7O12P3S2. The van der Waals surface area contributed by atoms with Crippen LogP contribution in [0.25, 0.3) is 11.2 Å². The van der Waals surface area contributed by atoms with E-state index < -0.39 is 86.6 Å². The lowest BCUT2D eigenvalue weighted by molar-refractivity contribution is -0.163. The zero-order valence-electron chi connectivity index (χ0n) is 31.8. The number of halogens is 3. The fourth-order valence-electron chi connectivity index (χ4n) is 6.37. The molecule has 1 aliphatic carbocycles. The predicted octanol–water partition coefficient (Wildman–Crippen LogP) is 5.32. The molecule has 0 aromatic carbocycles. The van der Waals surface area contributed by atoms with E-state index in [4.69, 9.17) is 32.1 Å². The average molecular weight is 946 g/mol. The Bertz CT molecular complexity index is 2120. The number of aliphatic hydroxyl groups excluding tert-OH is 1. The summed E-state index contributed by atoms with van der Waals surface area (Å²) in [6.07, 6.45) is 1.78. The van der Waals surface area contributed by atoms with Gasteiger partial charge in [0.1, 0.15) is 18.7 Å². The number of thiol groups is 1. The number of imidazole rings is 1. The number of phosphoric acid groups is 1. The highest BCUT2D eigenvalue weighted by Gasteiger charge is 2.39. The number of anilines is 1. The highest BCUT2D eigenvalue weighted by Crippen LogP contribution is 2.46. The number of alkyl halides is 3. The van der Waals surface area contributed by atoms with Crippen LogP contribution < -0.4 is 16.6 Å². The number of fused-ring (bicyclic) bond motifs is 1. The fraction of sp³-hybridized carbons (Fsp3) is 0.606. The molecule has 3 aromatic heterocycles. The Morgan fingerprint density at radius 1 is 1.15 bits per heavy atom. The van der Waals surface area contributed by atoms with Gasteiger partial charge in [-0.1, -0.05) is 30.0 Å². The number of phosphoric ester groups is 1. The van der Waals surface area contributed by atoms with Gasteiger partial charge in [0.05, 0.1) is 38.2 Å². The maximum atomic E-state index is 12.8. The number of aliphatic hydroxyl groups is 1. The Morgan fingerprint density at radius 3 is 2.77 bits per heavy atom. The summed E-state index contributed by atoms with van der Waals surface area (Å²) < 4.78 is 93.0. The van der Waals surface area contributed by atoms with E-state index in [1.165, 1.54) is 23.2 Å². The van der Waals surface area contributed by atoms with Gasteiger partial charge in [0.25, 0.3) is 5.56 Å². The molecule has 2 saturated heterocycles. The van der Waals surface area contributed by atoms with E-state index in [2.05, 4.69) is 37.9 Å². The Kier molecular flexibility index (Phi) is 17.6. The van der Waals surface area contributed by atoms with E-state index in [9.17, 15) is 37.3 Å². The van der Waals surface area contributed by atoms with Gasteiger partial charge in [-0.25, -0.2) is 24.3 Å². The minimum absolute atomic E-state index is 0.0320. The van der Waals surface area contributed by atoms with E-state index in [0.717, 1.165) is 30.2 Å². The minimum atomic E-state index is -4.50. The molecule has 2 aliphatic heterocycles. The van der Waals surface area contributed by atoms with Crippen LogP contribution in [0, 0.1) is 0 Å². The molecule has 3 aromatic rings. The number of hydrogen-bond acceptors (Lipinski definition) is 17. The van der Waals surface area contributed by atoms with E-state index in [0.29, 0.717) is 42.1 Å². The average Bonchev–Trinajstić information content (AvgIpc) is 3.94. The van der Waals surface area contributed by atoms with Crippen molar-refractivity contribution in [1.82, 2.24) is 29.1 Å². The molecule has 9 atom stereocenters. The maximum Gasteiger partial charge on any atom is 0.472 e. The largest absolute Gasteiger partial charge is 0.472 e. The molecule has 0 saturated carbocycles. The first-order chi connectivity index (χ1) is 28.8. The lowest BCUT2D eigenvalue weighted by Crippen LogP contribution is -2.37. The Hall–Kier alpha value is -2.27. The van der Waals surface area contributed by atoms with Crippen LogP contribution in [0.5, 0.6) is 0 Å². The normalized spacial score (nSPS) is 24.0. The third kappa shape index (κ3) is 14.1. The number of rotatable bonds is 23. The molecule has 5 heterocycles. The monoisotopic (exact) mass is 945 g/mol. The zero-order valence-corrected chi connectivity index (χ0v) is 36.4. The quantitative estimate of drug-likeness (QED) is 0.0202. The fourth-order valence-corrected chi connectivity index (χ4v) is 9.56. The van der Waals surface area contributed by atoms with Crippen LogP contribution in [0.15, 0.2) is 57.1 Å². The van der Waals surface area contributed by atoms with E-state index >= 15 is 0 Å². The molecule has 60 heavy (non-hydrogen) atoms. The summed E-state index contributed by atoms with van der Waals surface area (Å²) in [6, 6.07) is 1.18. The van der Waals surface area contributed by atoms with E-state index in [-0.39, 0.29) is 43.3 Å². The lowest BCUT2D eigenvalue weighted by atomic mass is 10.0. The molecule has 0 radical (unpaired) electrons. The van der Waals surface area contributed by atoms with Gasteiger partial charge in [0.15, 0.2) is 43.7 Å². The van der Waals surface area contributed by atoms with Crippen LogP contribution in [0.2, 0.25) is 0 Å². The first-order valence-electron chi connectivity index (χ1n) is 18.7. The summed E-state index contributed by atoms with van der Waals surface area (Å²) in [4.78, 5) is 49.8. The predicted molar refractivity (Wildman–Crippen MR) is 219 cm³/mol. The Labute approximate surface area is 354 Å². The second kappa shape index (κ2) is 22.4. The van der Waals surface area contributed by atoms with Crippen LogP contribution in [-0.4, -0.2) is 107 Å². The number of ether oxygens (including phenoxy) is 3. The SMILES string of the molecule is O=c1ccn(C2OC(COPOPCOP(=O)(O)OCC3CCC(n4cnc5c(NCCS)nc(SCCC(F)(F)F)nc54)O3)C[C@H]2OC(O)CC2=CCCC=C2)c(=O)[nH]1. The van der Waals surface area contributed by atoms with Gasteiger partial charge in [-0.05, 0) is 31.3 Å². The second-order valence-corrected chi connectivity index (χ2v) is 18.3. The minimum Gasteiger partial charge on any atom is -0.368 e. The molecule has 0 spiro atoms. The molecule has 0 bridgehead atoms. The van der Waals surface area contributed by atoms with Crippen molar-refractivity contribution in [1.29, 1.82) is 0 Å². The number of H-pyrrole nitrogens is 1. The Morgan fingerprint density at radius 2 is 2.00 bits per heavy atom. The topological polar surface area (TPSA) is 233 Å². The number of thioether (sulfide) groups is 1. The molecule has 4 N–H and O–H groups in total. The van der Waals surface area contributed by atoms with Crippen LogP contribution in [-0.2, 0) is 36.7 Å². The third-order valence-corrected chi connectivity index (χ3v) is 12.8.